The third kappa shape index (κ3) is 3.90. The van der Waals surface area contributed by atoms with E-state index in [9.17, 15) is 14.0 Å². The Hall–Kier alpha value is -2.35. The molecule has 2 heterocycles. The van der Waals surface area contributed by atoms with Gasteiger partial charge in [0.25, 0.3) is 0 Å². The van der Waals surface area contributed by atoms with Crippen molar-refractivity contribution in [1.82, 2.24) is 10.2 Å². The van der Waals surface area contributed by atoms with E-state index in [0.717, 1.165) is 17.8 Å². The van der Waals surface area contributed by atoms with Crippen LogP contribution < -0.4 is 10.2 Å². The van der Waals surface area contributed by atoms with Crippen LogP contribution in [-0.4, -0.2) is 28.6 Å². The molecular weight excluding hydrogens is 355 g/mol. The van der Waals surface area contributed by atoms with Crippen LogP contribution >= 0.6 is 11.3 Å². The molecule has 0 bridgehead atoms. The zero-order chi connectivity index (χ0) is 18.7. The maximum absolute atomic E-state index is 13.1. The monoisotopic (exact) mass is 376 g/mol. The fourth-order valence-electron chi connectivity index (χ4n) is 3.06. The standard InChI is InChI=1S/C18H21FN4O2S/c1-3-11(4-2)16(25)20-18-22-21-17(26-18)12-9-15(24)23(10-12)14-7-5-13(19)6-8-14/h5-8,11-12H,3-4,9-10H2,1-2H3,(H,20,22,25). The Morgan fingerprint density at radius 2 is 2.00 bits per heavy atom. The summed E-state index contributed by atoms with van der Waals surface area (Å²) in [5.74, 6) is -0.528. The van der Waals surface area contributed by atoms with E-state index in [-0.39, 0.29) is 29.5 Å². The van der Waals surface area contributed by atoms with Crippen molar-refractivity contribution in [2.75, 3.05) is 16.8 Å². The van der Waals surface area contributed by atoms with Crippen molar-refractivity contribution in [2.45, 2.75) is 39.0 Å². The summed E-state index contributed by atoms with van der Waals surface area (Å²) < 4.78 is 13.1. The molecule has 26 heavy (non-hydrogen) atoms. The molecule has 3 rings (SSSR count). The molecule has 1 saturated heterocycles. The summed E-state index contributed by atoms with van der Waals surface area (Å²) in [6.07, 6.45) is 1.88. The molecule has 1 atom stereocenters. The highest BCUT2D eigenvalue weighted by Crippen LogP contribution is 2.34. The van der Waals surface area contributed by atoms with Crippen LogP contribution in [-0.2, 0) is 9.59 Å². The molecule has 1 aromatic carbocycles. The van der Waals surface area contributed by atoms with Crippen LogP contribution in [0.25, 0.3) is 0 Å². The van der Waals surface area contributed by atoms with Gasteiger partial charge in [-0.15, -0.1) is 10.2 Å². The van der Waals surface area contributed by atoms with E-state index in [2.05, 4.69) is 15.5 Å². The highest BCUT2D eigenvalue weighted by atomic mass is 32.1. The molecule has 8 heteroatoms. The largest absolute Gasteiger partial charge is 0.312 e. The van der Waals surface area contributed by atoms with Crippen molar-refractivity contribution in [3.05, 3.63) is 35.1 Å². The summed E-state index contributed by atoms with van der Waals surface area (Å²) >= 11 is 1.31. The molecule has 1 N–H and O–H groups in total. The zero-order valence-corrected chi connectivity index (χ0v) is 15.6. The predicted octanol–water partition coefficient (Wildman–Crippen LogP) is 3.57. The molecule has 1 unspecified atom stereocenters. The Balaban J connectivity index is 1.67. The normalized spacial score (nSPS) is 17.2. The quantitative estimate of drug-likeness (QED) is 0.836. The summed E-state index contributed by atoms with van der Waals surface area (Å²) in [6.45, 7) is 4.43. The fraction of sp³-hybridized carbons (Fsp3) is 0.444. The minimum absolute atomic E-state index is 0.0283. The second kappa shape index (κ2) is 7.90. The van der Waals surface area contributed by atoms with E-state index in [1.165, 1.54) is 23.5 Å². The summed E-state index contributed by atoms with van der Waals surface area (Å²) in [5, 5.41) is 12.2. The molecule has 0 radical (unpaired) electrons. The van der Waals surface area contributed by atoms with Gasteiger partial charge in [0.15, 0.2) is 0 Å². The number of nitrogens with one attached hydrogen (secondary N) is 1. The molecule has 1 aliphatic heterocycles. The minimum Gasteiger partial charge on any atom is -0.312 e. The number of rotatable bonds is 6. The smallest absolute Gasteiger partial charge is 0.229 e. The zero-order valence-electron chi connectivity index (χ0n) is 14.7. The summed E-state index contributed by atoms with van der Waals surface area (Å²) in [7, 11) is 0. The molecule has 2 amide bonds. The van der Waals surface area contributed by atoms with Crippen LogP contribution in [0.3, 0.4) is 0 Å². The molecule has 1 aliphatic rings. The maximum Gasteiger partial charge on any atom is 0.229 e. The first-order valence-corrected chi connectivity index (χ1v) is 9.53. The number of anilines is 2. The third-order valence-electron chi connectivity index (χ3n) is 4.64. The van der Waals surface area contributed by atoms with Gasteiger partial charge < -0.3 is 10.2 Å². The van der Waals surface area contributed by atoms with Gasteiger partial charge in [0, 0.05) is 30.5 Å². The van der Waals surface area contributed by atoms with Gasteiger partial charge >= 0.3 is 0 Å². The Kier molecular flexibility index (Phi) is 5.61. The number of halogens is 1. The summed E-state index contributed by atoms with van der Waals surface area (Å²) in [6, 6.07) is 5.87. The Labute approximate surface area is 155 Å². The van der Waals surface area contributed by atoms with Crippen molar-refractivity contribution in [3.63, 3.8) is 0 Å². The lowest BCUT2D eigenvalue weighted by molar-refractivity contribution is -0.120. The van der Waals surface area contributed by atoms with Gasteiger partial charge in [-0.05, 0) is 37.1 Å². The lowest BCUT2D eigenvalue weighted by Crippen LogP contribution is -2.24. The highest BCUT2D eigenvalue weighted by molar-refractivity contribution is 7.15. The van der Waals surface area contributed by atoms with Crippen LogP contribution in [0.1, 0.15) is 44.0 Å². The van der Waals surface area contributed by atoms with Crippen LogP contribution in [0.2, 0.25) is 0 Å². The first-order chi connectivity index (χ1) is 12.5. The fourth-order valence-corrected chi connectivity index (χ4v) is 3.90. The van der Waals surface area contributed by atoms with E-state index >= 15 is 0 Å². The van der Waals surface area contributed by atoms with Crippen LogP contribution in [0.15, 0.2) is 24.3 Å². The second-order valence-corrected chi connectivity index (χ2v) is 7.34. The van der Waals surface area contributed by atoms with E-state index in [0.29, 0.717) is 23.8 Å². The molecule has 138 valence electrons. The minimum atomic E-state index is -0.334. The lowest BCUT2D eigenvalue weighted by Gasteiger charge is -2.16. The van der Waals surface area contributed by atoms with Crippen molar-refractivity contribution in [1.29, 1.82) is 0 Å². The molecule has 0 aliphatic carbocycles. The van der Waals surface area contributed by atoms with Gasteiger partial charge in [0.05, 0.1) is 0 Å². The number of carbonyl (C=O) groups is 2. The van der Waals surface area contributed by atoms with Crippen molar-refractivity contribution in [2.24, 2.45) is 5.92 Å². The number of nitrogens with zero attached hydrogens (tertiary/aromatic N) is 3. The van der Waals surface area contributed by atoms with E-state index in [4.69, 9.17) is 0 Å². The van der Waals surface area contributed by atoms with Crippen LogP contribution in [0.4, 0.5) is 15.2 Å². The highest BCUT2D eigenvalue weighted by Gasteiger charge is 2.34. The average molecular weight is 376 g/mol. The van der Waals surface area contributed by atoms with Crippen molar-refractivity contribution >= 4 is 34.0 Å². The SMILES string of the molecule is CCC(CC)C(=O)Nc1nnc(C2CC(=O)N(c3ccc(F)cc3)C2)s1. The first kappa shape index (κ1) is 18.4. The number of amides is 2. The van der Waals surface area contributed by atoms with Crippen molar-refractivity contribution in [3.8, 4) is 0 Å². The van der Waals surface area contributed by atoms with Crippen molar-refractivity contribution < 1.29 is 14.0 Å². The Bertz CT molecular complexity index is 789. The number of carbonyl (C=O) groups excluding carboxylic acids is 2. The lowest BCUT2D eigenvalue weighted by atomic mass is 10.0. The molecule has 6 nitrogen and oxygen atoms in total. The summed E-state index contributed by atoms with van der Waals surface area (Å²) in [5.41, 5.74) is 0.672. The van der Waals surface area contributed by atoms with E-state index in [1.807, 2.05) is 13.8 Å². The molecule has 0 spiro atoms. The van der Waals surface area contributed by atoms with Gasteiger partial charge in [-0.25, -0.2) is 4.39 Å². The molecular formula is C18H21FN4O2S. The number of aromatic nitrogens is 2. The van der Waals surface area contributed by atoms with Gasteiger partial charge in [-0.1, -0.05) is 25.2 Å². The second-order valence-electron chi connectivity index (χ2n) is 6.33. The number of hydrogen-bond donors (Lipinski definition) is 1. The third-order valence-corrected chi connectivity index (χ3v) is 5.64. The van der Waals surface area contributed by atoms with E-state index in [1.54, 1.807) is 17.0 Å². The van der Waals surface area contributed by atoms with Gasteiger partial charge in [0.2, 0.25) is 16.9 Å². The Morgan fingerprint density at radius 1 is 1.31 bits per heavy atom. The van der Waals surface area contributed by atoms with Crippen LogP contribution in [0.5, 0.6) is 0 Å². The summed E-state index contributed by atoms with van der Waals surface area (Å²) in [4.78, 5) is 26.1. The first-order valence-electron chi connectivity index (χ1n) is 8.72. The molecule has 1 fully saturated rings. The Morgan fingerprint density at radius 3 is 2.65 bits per heavy atom. The van der Waals surface area contributed by atoms with Gasteiger partial charge in [-0.3, -0.25) is 9.59 Å². The van der Waals surface area contributed by atoms with Gasteiger partial charge in [0.1, 0.15) is 10.8 Å². The molecule has 2 aromatic rings. The average Bonchev–Trinajstić information content (AvgIpc) is 3.23. The number of hydrogen-bond acceptors (Lipinski definition) is 5. The predicted molar refractivity (Wildman–Crippen MR) is 98.7 cm³/mol. The molecule has 0 saturated carbocycles. The van der Waals surface area contributed by atoms with Gasteiger partial charge in [-0.2, -0.15) is 0 Å². The molecule has 1 aromatic heterocycles. The topological polar surface area (TPSA) is 75.2 Å². The maximum atomic E-state index is 13.1. The van der Waals surface area contributed by atoms with Crippen LogP contribution in [0, 0.1) is 11.7 Å². The number of benzene rings is 1. The van der Waals surface area contributed by atoms with E-state index < -0.39 is 0 Å².